The number of hydrogen-bond acceptors (Lipinski definition) is 9. The standard InChI is InChI=1S/C29H28ClN3O6S/c1-5-7-20-25(28(35)38-6-2)26(19-16-18(30)9-11-21(19)36-3)33-27(34)24(40-29(33)32-20)15-17-8-10-22(39-13-12-31)23(14-17)37-4/h8-11,14-16,26H,5-7,13H2,1-4H3/b24-15+/t26-/m0/s1. The van der Waals surface area contributed by atoms with Crippen LogP contribution in [0.4, 0.5) is 0 Å². The van der Waals surface area contributed by atoms with Gasteiger partial charge in [0.25, 0.3) is 5.56 Å². The van der Waals surface area contributed by atoms with Gasteiger partial charge in [0.1, 0.15) is 17.9 Å². The first kappa shape index (κ1) is 28.9. The highest BCUT2D eigenvalue weighted by Gasteiger charge is 2.36. The summed E-state index contributed by atoms with van der Waals surface area (Å²) in [6.45, 7) is 3.77. The molecule has 2 aromatic carbocycles. The van der Waals surface area contributed by atoms with Crippen molar-refractivity contribution in [2.24, 2.45) is 4.99 Å². The van der Waals surface area contributed by atoms with Crippen molar-refractivity contribution >= 4 is 35.0 Å². The van der Waals surface area contributed by atoms with E-state index in [1.54, 1.807) is 49.4 Å². The predicted molar refractivity (Wildman–Crippen MR) is 152 cm³/mol. The van der Waals surface area contributed by atoms with Crippen LogP contribution >= 0.6 is 22.9 Å². The summed E-state index contributed by atoms with van der Waals surface area (Å²) in [7, 11) is 3.02. The molecule has 1 aliphatic heterocycles. The molecule has 4 rings (SSSR count). The van der Waals surface area contributed by atoms with Crippen molar-refractivity contribution in [2.45, 2.75) is 32.7 Å². The average molecular weight is 582 g/mol. The number of nitriles is 1. The van der Waals surface area contributed by atoms with Gasteiger partial charge in [0.15, 0.2) is 22.9 Å². The van der Waals surface area contributed by atoms with Crippen molar-refractivity contribution in [3.8, 4) is 23.3 Å². The Labute approximate surface area is 240 Å². The molecule has 0 N–H and O–H groups in total. The summed E-state index contributed by atoms with van der Waals surface area (Å²) in [5, 5.41) is 9.26. The van der Waals surface area contributed by atoms with Gasteiger partial charge in [0, 0.05) is 10.6 Å². The van der Waals surface area contributed by atoms with E-state index in [-0.39, 0.29) is 24.3 Å². The Hall–Kier alpha value is -4.07. The number of carbonyl (C=O) groups excluding carboxylic acids is 1. The second-order valence-electron chi connectivity index (χ2n) is 8.66. The highest BCUT2D eigenvalue weighted by molar-refractivity contribution is 7.07. The van der Waals surface area contributed by atoms with Gasteiger partial charge < -0.3 is 18.9 Å². The van der Waals surface area contributed by atoms with Crippen LogP contribution in [-0.2, 0) is 9.53 Å². The van der Waals surface area contributed by atoms with E-state index in [9.17, 15) is 9.59 Å². The summed E-state index contributed by atoms with van der Waals surface area (Å²) in [5.74, 6) is 0.766. The molecule has 9 nitrogen and oxygen atoms in total. The van der Waals surface area contributed by atoms with Gasteiger partial charge in [-0.05, 0) is 55.3 Å². The zero-order valence-electron chi connectivity index (χ0n) is 22.5. The Morgan fingerprint density at radius 3 is 2.58 bits per heavy atom. The van der Waals surface area contributed by atoms with E-state index in [0.717, 1.165) is 6.42 Å². The number of carbonyl (C=O) groups is 1. The number of methoxy groups -OCH3 is 2. The molecule has 1 aromatic heterocycles. The molecule has 11 heteroatoms. The number of esters is 1. The van der Waals surface area contributed by atoms with Crippen LogP contribution in [0.25, 0.3) is 6.08 Å². The van der Waals surface area contributed by atoms with Crippen LogP contribution in [0.3, 0.4) is 0 Å². The summed E-state index contributed by atoms with van der Waals surface area (Å²) in [6, 6.07) is 11.3. The second-order valence-corrected chi connectivity index (χ2v) is 10.1. The fraction of sp³-hybridized carbons (Fsp3) is 0.310. The fourth-order valence-corrected chi connectivity index (χ4v) is 5.69. The molecule has 40 heavy (non-hydrogen) atoms. The van der Waals surface area contributed by atoms with Crippen molar-refractivity contribution in [1.82, 2.24) is 4.57 Å². The quantitative estimate of drug-likeness (QED) is 0.331. The molecule has 0 spiro atoms. The maximum atomic E-state index is 14.0. The highest BCUT2D eigenvalue weighted by Crippen LogP contribution is 2.38. The van der Waals surface area contributed by atoms with Crippen molar-refractivity contribution in [1.29, 1.82) is 5.26 Å². The zero-order chi connectivity index (χ0) is 28.8. The molecule has 0 fully saturated rings. The molecule has 1 atom stereocenters. The number of aromatic nitrogens is 1. The summed E-state index contributed by atoms with van der Waals surface area (Å²) >= 11 is 7.60. The normalized spacial score (nSPS) is 14.7. The molecule has 2 heterocycles. The molecule has 0 saturated heterocycles. The predicted octanol–water partition coefficient (Wildman–Crippen LogP) is 4.15. The first-order valence-corrected chi connectivity index (χ1v) is 13.8. The van der Waals surface area contributed by atoms with Gasteiger partial charge in [-0.2, -0.15) is 5.26 Å². The van der Waals surface area contributed by atoms with Crippen LogP contribution in [0.2, 0.25) is 5.02 Å². The minimum Gasteiger partial charge on any atom is -0.496 e. The molecule has 0 aliphatic carbocycles. The van der Waals surface area contributed by atoms with E-state index in [1.807, 2.05) is 13.0 Å². The highest BCUT2D eigenvalue weighted by atomic mass is 35.5. The molecule has 1 aliphatic rings. The van der Waals surface area contributed by atoms with Gasteiger partial charge in [-0.1, -0.05) is 42.3 Å². The lowest BCUT2D eigenvalue weighted by molar-refractivity contribution is -0.139. The minimum atomic E-state index is -0.857. The maximum Gasteiger partial charge on any atom is 0.338 e. The SMILES string of the molecule is CCCC1=C(C(=O)OCC)[C@H](c2cc(Cl)ccc2OC)n2c(s/c(=C/c3ccc(OCC#N)c(OC)c3)c2=O)=N1. The number of nitrogens with zero attached hydrogens (tertiary/aromatic N) is 3. The molecular weight excluding hydrogens is 554 g/mol. The molecule has 208 valence electrons. The van der Waals surface area contributed by atoms with E-state index in [2.05, 4.69) is 0 Å². The van der Waals surface area contributed by atoms with Gasteiger partial charge in [0.05, 0.1) is 36.6 Å². The Morgan fingerprint density at radius 2 is 1.90 bits per heavy atom. The molecule has 0 unspecified atom stereocenters. The van der Waals surface area contributed by atoms with E-state index < -0.39 is 12.0 Å². The summed E-state index contributed by atoms with van der Waals surface area (Å²) in [4.78, 5) is 32.6. The van der Waals surface area contributed by atoms with Gasteiger partial charge in [-0.15, -0.1) is 0 Å². The largest absolute Gasteiger partial charge is 0.496 e. The maximum absolute atomic E-state index is 14.0. The summed E-state index contributed by atoms with van der Waals surface area (Å²) < 4.78 is 23.8. The number of thiazole rings is 1. The minimum absolute atomic E-state index is 0.121. The average Bonchev–Trinajstić information content (AvgIpc) is 3.25. The van der Waals surface area contributed by atoms with Gasteiger partial charge >= 0.3 is 5.97 Å². The van der Waals surface area contributed by atoms with E-state index in [0.29, 0.717) is 54.8 Å². The number of hydrogen-bond donors (Lipinski definition) is 0. The first-order valence-electron chi connectivity index (χ1n) is 12.6. The third-order valence-electron chi connectivity index (χ3n) is 6.16. The zero-order valence-corrected chi connectivity index (χ0v) is 24.1. The number of allylic oxidation sites excluding steroid dienone is 1. The number of ether oxygens (including phenoxy) is 4. The van der Waals surface area contributed by atoms with Crippen LogP contribution in [0.5, 0.6) is 17.2 Å². The Bertz CT molecular complexity index is 1680. The lowest BCUT2D eigenvalue weighted by atomic mass is 9.93. The number of rotatable bonds is 10. The fourth-order valence-electron chi connectivity index (χ4n) is 4.49. The van der Waals surface area contributed by atoms with Crippen LogP contribution in [0.1, 0.15) is 43.9 Å². The smallest absolute Gasteiger partial charge is 0.338 e. The van der Waals surface area contributed by atoms with Crippen molar-refractivity contribution in [3.63, 3.8) is 0 Å². The van der Waals surface area contributed by atoms with Gasteiger partial charge in [-0.25, -0.2) is 9.79 Å². The summed E-state index contributed by atoms with van der Waals surface area (Å²) in [5.41, 5.74) is 1.74. The topological polar surface area (TPSA) is 112 Å². The van der Waals surface area contributed by atoms with E-state index in [4.69, 9.17) is 40.8 Å². The Balaban J connectivity index is 1.97. The van der Waals surface area contributed by atoms with E-state index >= 15 is 0 Å². The monoisotopic (exact) mass is 581 g/mol. The second kappa shape index (κ2) is 12.9. The number of halogens is 1. The lowest BCUT2D eigenvalue weighted by Gasteiger charge is -2.27. The van der Waals surface area contributed by atoms with Crippen molar-refractivity contribution < 1.29 is 23.7 Å². The molecule has 3 aromatic rings. The van der Waals surface area contributed by atoms with Gasteiger partial charge in [0.2, 0.25) is 0 Å². The van der Waals surface area contributed by atoms with Crippen LogP contribution in [0, 0.1) is 11.3 Å². The molecule has 0 radical (unpaired) electrons. The van der Waals surface area contributed by atoms with Crippen LogP contribution < -0.4 is 29.1 Å². The number of fused-ring (bicyclic) bond motifs is 1. The summed E-state index contributed by atoms with van der Waals surface area (Å²) in [6.07, 6.45) is 2.97. The molecule has 0 bridgehead atoms. The Morgan fingerprint density at radius 1 is 1.15 bits per heavy atom. The first-order chi connectivity index (χ1) is 19.4. The number of benzene rings is 2. The van der Waals surface area contributed by atoms with Crippen LogP contribution in [-0.4, -0.2) is 38.0 Å². The molecule has 0 saturated carbocycles. The van der Waals surface area contributed by atoms with Gasteiger partial charge in [-0.3, -0.25) is 9.36 Å². The molecule has 0 amide bonds. The van der Waals surface area contributed by atoms with Crippen molar-refractivity contribution in [3.05, 3.63) is 83.5 Å². The van der Waals surface area contributed by atoms with Crippen molar-refractivity contribution in [2.75, 3.05) is 27.4 Å². The van der Waals surface area contributed by atoms with E-state index in [1.165, 1.54) is 30.1 Å². The van der Waals surface area contributed by atoms with Crippen LogP contribution in [0.15, 0.2) is 57.5 Å². The lowest BCUT2D eigenvalue weighted by Crippen LogP contribution is -2.40. The third-order valence-corrected chi connectivity index (χ3v) is 7.37. The molecular formula is C29H28ClN3O6S. The third kappa shape index (κ3) is 5.76. The Kier molecular flexibility index (Phi) is 9.30.